The first-order chi connectivity index (χ1) is 17.2. The average Bonchev–Trinajstić information content (AvgIpc) is 3.51. The molecule has 2 fully saturated rings. The van der Waals surface area contributed by atoms with Gasteiger partial charge >= 0.3 is 0 Å². The van der Waals surface area contributed by atoms with E-state index in [4.69, 9.17) is 19.4 Å². The number of aromatic nitrogens is 6. The van der Waals surface area contributed by atoms with E-state index >= 15 is 0 Å². The molecule has 0 bridgehead atoms. The fourth-order valence-corrected chi connectivity index (χ4v) is 4.93. The van der Waals surface area contributed by atoms with Crippen LogP contribution in [0.1, 0.15) is 31.1 Å². The topological polar surface area (TPSA) is 95.2 Å². The predicted octanol–water partition coefficient (Wildman–Crippen LogP) is 2.87. The number of hydrogen-bond donors (Lipinski definition) is 1. The van der Waals surface area contributed by atoms with Crippen molar-refractivity contribution in [3.8, 4) is 11.6 Å². The maximum Gasteiger partial charge on any atom is 0.296 e. The van der Waals surface area contributed by atoms with Gasteiger partial charge in [-0.1, -0.05) is 6.07 Å². The van der Waals surface area contributed by atoms with Crippen LogP contribution in [0.15, 0.2) is 24.5 Å². The number of ether oxygens (including phenoxy) is 2. The minimum absolute atomic E-state index is 0.218. The molecule has 184 valence electrons. The summed E-state index contributed by atoms with van der Waals surface area (Å²) in [5.41, 5.74) is 1.92. The first kappa shape index (κ1) is 22.1. The molecule has 35 heavy (non-hydrogen) atoms. The number of benzene rings is 1. The molecule has 0 atom stereocenters. The summed E-state index contributed by atoms with van der Waals surface area (Å²) in [5, 5.41) is 3.38. The van der Waals surface area contributed by atoms with Crippen LogP contribution >= 0.6 is 0 Å². The van der Waals surface area contributed by atoms with Crippen molar-refractivity contribution in [3.63, 3.8) is 0 Å². The van der Waals surface area contributed by atoms with Crippen molar-refractivity contribution in [2.75, 3.05) is 51.4 Å². The predicted molar refractivity (Wildman–Crippen MR) is 126 cm³/mol. The number of morpholine rings is 1. The van der Waals surface area contributed by atoms with Crippen LogP contribution in [0.3, 0.4) is 0 Å². The lowest BCUT2D eigenvalue weighted by molar-refractivity contribution is 0.122. The number of para-hydroxylation sites is 1. The Labute approximate surface area is 199 Å². The zero-order valence-corrected chi connectivity index (χ0v) is 19.3. The monoisotopic (exact) mass is 484 g/mol. The molecule has 2 aliphatic heterocycles. The summed E-state index contributed by atoms with van der Waals surface area (Å²) in [6.07, 6.45) is 0.801. The summed E-state index contributed by atoms with van der Waals surface area (Å²) in [5.74, 6) is 0.766. The number of anilines is 1. The summed E-state index contributed by atoms with van der Waals surface area (Å²) in [7, 11) is 1.50. The van der Waals surface area contributed by atoms with E-state index in [1.165, 1.54) is 11.7 Å². The Balaban J connectivity index is 1.62. The third kappa shape index (κ3) is 3.76. The number of rotatable bonds is 5. The summed E-state index contributed by atoms with van der Waals surface area (Å²) < 4.78 is 43.0. The standard InChI is InChI=1S/C23H26F2N8O2/c1-34-16-4-2-3-15-17(16)28-22(19(24)25)33(15)21-18-20(29-23(30-21)31-9-11-35-12-10-31)32(13-27-18)14-5-7-26-8-6-14/h2-4,13-14,19,26H,5-12H2,1H3. The quantitative estimate of drug-likeness (QED) is 0.462. The van der Waals surface area contributed by atoms with E-state index in [0.29, 0.717) is 60.2 Å². The molecule has 4 aromatic rings. The maximum absolute atomic E-state index is 14.3. The van der Waals surface area contributed by atoms with E-state index in [-0.39, 0.29) is 11.9 Å². The second kappa shape index (κ2) is 9.00. The average molecular weight is 485 g/mol. The van der Waals surface area contributed by atoms with E-state index in [2.05, 4.69) is 19.9 Å². The minimum atomic E-state index is -2.82. The van der Waals surface area contributed by atoms with Crippen molar-refractivity contribution in [2.45, 2.75) is 25.3 Å². The Morgan fingerprint density at radius 2 is 1.89 bits per heavy atom. The third-order valence-corrected chi connectivity index (χ3v) is 6.69. The molecule has 0 spiro atoms. The third-order valence-electron chi connectivity index (χ3n) is 6.69. The highest BCUT2D eigenvalue weighted by atomic mass is 19.3. The normalized spacial score (nSPS) is 17.7. The molecule has 0 aliphatic carbocycles. The van der Waals surface area contributed by atoms with Gasteiger partial charge in [0.25, 0.3) is 6.43 Å². The number of halogens is 2. The molecule has 0 radical (unpaired) electrons. The lowest BCUT2D eigenvalue weighted by Gasteiger charge is -2.28. The van der Waals surface area contributed by atoms with Crippen molar-refractivity contribution in [3.05, 3.63) is 30.4 Å². The molecule has 5 heterocycles. The molecule has 3 aromatic heterocycles. The van der Waals surface area contributed by atoms with Crippen molar-refractivity contribution < 1.29 is 18.3 Å². The molecule has 0 amide bonds. The van der Waals surface area contributed by atoms with Crippen LogP contribution in [0.5, 0.6) is 5.75 Å². The molecule has 1 N–H and O–H groups in total. The van der Waals surface area contributed by atoms with Gasteiger partial charge in [0.15, 0.2) is 22.8 Å². The van der Waals surface area contributed by atoms with Gasteiger partial charge in [0, 0.05) is 19.1 Å². The van der Waals surface area contributed by atoms with Crippen LogP contribution in [0.2, 0.25) is 0 Å². The highest BCUT2D eigenvalue weighted by Crippen LogP contribution is 2.35. The van der Waals surface area contributed by atoms with Crippen molar-refractivity contribution >= 4 is 28.1 Å². The van der Waals surface area contributed by atoms with Crippen LogP contribution in [-0.4, -0.2) is 75.6 Å². The van der Waals surface area contributed by atoms with Gasteiger partial charge in [-0.25, -0.2) is 18.7 Å². The fraction of sp³-hybridized carbons (Fsp3) is 0.478. The number of nitrogens with zero attached hydrogens (tertiary/aromatic N) is 7. The largest absolute Gasteiger partial charge is 0.494 e. The van der Waals surface area contributed by atoms with E-state index in [1.54, 1.807) is 24.5 Å². The SMILES string of the molecule is COc1cccc2c1nc(C(F)F)n2-c1nc(N2CCOCC2)nc2c1ncn2C1CCNCC1. The number of methoxy groups -OCH3 is 1. The molecule has 2 saturated heterocycles. The van der Waals surface area contributed by atoms with Crippen molar-refractivity contribution in [2.24, 2.45) is 0 Å². The lowest BCUT2D eigenvalue weighted by Crippen LogP contribution is -2.37. The van der Waals surface area contributed by atoms with Crippen molar-refractivity contribution in [1.29, 1.82) is 0 Å². The van der Waals surface area contributed by atoms with Crippen LogP contribution in [0.25, 0.3) is 28.0 Å². The molecule has 0 saturated carbocycles. The number of hydrogen-bond acceptors (Lipinski definition) is 8. The Morgan fingerprint density at radius 3 is 2.63 bits per heavy atom. The van der Waals surface area contributed by atoms with Gasteiger partial charge in [-0.3, -0.25) is 4.57 Å². The van der Waals surface area contributed by atoms with Gasteiger partial charge in [0.2, 0.25) is 5.95 Å². The zero-order chi connectivity index (χ0) is 23.9. The Bertz CT molecular complexity index is 1360. The Kier molecular flexibility index (Phi) is 5.69. The highest BCUT2D eigenvalue weighted by Gasteiger charge is 2.28. The van der Waals surface area contributed by atoms with Gasteiger partial charge in [-0.05, 0) is 38.1 Å². The number of nitrogens with one attached hydrogen (secondary N) is 1. The van der Waals surface area contributed by atoms with E-state index in [1.807, 2.05) is 4.90 Å². The first-order valence-electron chi connectivity index (χ1n) is 11.8. The van der Waals surface area contributed by atoms with E-state index in [0.717, 1.165) is 25.9 Å². The molecular formula is C23H26F2N8O2. The Hall–Kier alpha value is -3.38. The van der Waals surface area contributed by atoms with E-state index < -0.39 is 12.2 Å². The summed E-state index contributed by atoms with van der Waals surface area (Å²) in [4.78, 5) is 20.6. The minimum Gasteiger partial charge on any atom is -0.494 e. The van der Waals surface area contributed by atoms with Crippen LogP contribution in [-0.2, 0) is 4.74 Å². The summed E-state index contributed by atoms with van der Waals surface area (Å²) in [6.45, 7) is 4.15. The molecule has 12 heteroatoms. The maximum atomic E-state index is 14.3. The van der Waals surface area contributed by atoms with Gasteiger partial charge in [0.1, 0.15) is 11.3 Å². The van der Waals surface area contributed by atoms with Crippen LogP contribution in [0.4, 0.5) is 14.7 Å². The van der Waals surface area contributed by atoms with Gasteiger partial charge in [-0.15, -0.1) is 0 Å². The second-order valence-corrected chi connectivity index (χ2v) is 8.69. The van der Waals surface area contributed by atoms with Crippen LogP contribution in [0, 0.1) is 0 Å². The lowest BCUT2D eigenvalue weighted by atomic mass is 10.1. The Morgan fingerprint density at radius 1 is 1.09 bits per heavy atom. The molecule has 1 aromatic carbocycles. The molecule has 0 unspecified atom stereocenters. The molecule has 6 rings (SSSR count). The number of alkyl halides is 2. The molecular weight excluding hydrogens is 458 g/mol. The fourth-order valence-electron chi connectivity index (χ4n) is 4.93. The smallest absolute Gasteiger partial charge is 0.296 e. The van der Waals surface area contributed by atoms with Gasteiger partial charge in [0.05, 0.1) is 32.2 Å². The van der Waals surface area contributed by atoms with Gasteiger partial charge < -0.3 is 24.3 Å². The number of fused-ring (bicyclic) bond motifs is 2. The first-order valence-corrected chi connectivity index (χ1v) is 11.8. The molecule has 2 aliphatic rings. The second-order valence-electron chi connectivity index (χ2n) is 8.69. The summed E-state index contributed by atoms with van der Waals surface area (Å²) >= 11 is 0. The van der Waals surface area contributed by atoms with Crippen LogP contribution < -0.4 is 15.0 Å². The molecule has 10 nitrogen and oxygen atoms in total. The highest BCUT2D eigenvalue weighted by molar-refractivity contribution is 5.88. The zero-order valence-electron chi connectivity index (χ0n) is 19.3. The number of piperidine rings is 1. The van der Waals surface area contributed by atoms with E-state index in [9.17, 15) is 8.78 Å². The number of imidazole rings is 2. The summed E-state index contributed by atoms with van der Waals surface area (Å²) in [6, 6.07) is 5.41. The van der Waals surface area contributed by atoms with Crippen molar-refractivity contribution in [1.82, 2.24) is 34.4 Å². The van der Waals surface area contributed by atoms with Gasteiger partial charge in [-0.2, -0.15) is 9.97 Å².